The summed E-state index contributed by atoms with van der Waals surface area (Å²) in [5.41, 5.74) is 8.29. The van der Waals surface area contributed by atoms with Gasteiger partial charge in [-0.1, -0.05) is 31.5 Å². The summed E-state index contributed by atoms with van der Waals surface area (Å²) >= 11 is 8.61. The van der Waals surface area contributed by atoms with Gasteiger partial charge in [0.25, 0.3) is 0 Å². The van der Waals surface area contributed by atoms with Crippen molar-refractivity contribution >= 4 is 58.2 Å². The third-order valence-electron chi connectivity index (χ3n) is 9.18. The molecule has 7 rings (SSSR count). The highest BCUT2D eigenvalue weighted by molar-refractivity contribution is 7.98. The number of carboxylic acids is 1. The van der Waals surface area contributed by atoms with E-state index in [0.29, 0.717) is 37.6 Å². The molecule has 10 nitrogen and oxygen atoms in total. The molecule has 0 radical (unpaired) electrons. The van der Waals surface area contributed by atoms with E-state index in [1.54, 1.807) is 16.3 Å². The van der Waals surface area contributed by atoms with E-state index in [-0.39, 0.29) is 5.69 Å². The summed E-state index contributed by atoms with van der Waals surface area (Å²) in [7, 11) is 3.82. The molecule has 0 unspecified atom stereocenters. The number of allylic oxidation sites excluding steroid dienone is 1. The third kappa shape index (κ3) is 7.49. The number of nitrogens with zero attached hydrogens (tertiary/aromatic N) is 5. The first-order valence-electron chi connectivity index (χ1n) is 17.3. The minimum absolute atomic E-state index is 0.287. The van der Waals surface area contributed by atoms with Gasteiger partial charge in [0.1, 0.15) is 11.4 Å². The van der Waals surface area contributed by atoms with Gasteiger partial charge in [-0.2, -0.15) is 10.2 Å². The summed E-state index contributed by atoms with van der Waals surface area (Å²) in [5.74, 6) is 0.703. The molecule has 5 heterocycles. The normalized spacial score (nSPS) is 18.6. The minimum atomic E-state index is -0.949. The van der Waals surface area contributed by atoms with Gasteiger partial charge in [-0.15, -0.1) is 11.8 Å². The maximum Gasteiger partial charge on any atom is 0.352 e. The predicted molar refractivity (Wildman–Crippen MR) is 200 cm³/mol. The number of anilines is 1. The fourth-order valence-corrected chi connectivity index (χ4v) is 8.15. The van der Waals surface area contributed by atoms with Crippen molar-refractivity contribution in [3.8, 4) is 5.75 Å². The van der Waals surface area contributed by atoms with E-state index in [4.69, 9.17) is 26.5 Å². The molecule has 260 valence electrons. The number of carbonyl (C=O) groups is 1. The number of hydrazone groups is 1. The lowest BCUT2D eigenvalue weighted by molar-refractivity contribution is 0.0685. The van der Waals surface area contributed by atoms with Gasteiger partial charge in [-0.3, -0.25) is 9.69 Å². The molecular formula is C37H46ClN7O3S. The van der Waals surface area contributed by atoms with Gasteiger partial charge in [0.05, 0.1) is 23.5 Å². The van der Waals surface area contributed by atoms with Gasteiger partial charge >= 0.3 is 5.97 Å². The molecule has 2 aromatic heterocycles. The summed E-state index contributed by atoms with van der Waals surface area (Å²) in [5, 5.41) is 30.4. The molecule has 12 heteroatoms. The number of fused-ring (bicyclic) bond motifs is 7. The topological polar surface area (TPSA) is 109 Å². The van der Waals surface area contributed by atoms with Crippen LogP contribution in [0.4, 0.5) is 5.69 Å². The van der Waals surface area contributed by atoms with E-state index in [1.165, 1.54) is 5.56 Å². The summed E-state index contributed by atoms with van der Waals surface area (Å²) < 4.78 is 10.2. The SMILES string of the molecule is CC.Cn1nc2cc1CSc1cc3c(c(c1)OCCCc1c(C(=O)O)n(C)c4c(c(Cl)ccc14)/C=C1\CCCN1/N=C/CNC2)NCCC3. The first-order chi connectivity index (χ1) is 23.9. The van der Waals surface area contributed by atoms with E-state index in [1.807, 2.05) is 56.0 Å². The maximum atomic E-state index is 12.6. The third-order valence-corrected chi connectivity index (χ3v) is 10.5. The summed E-state index contributed by atoms with van der Waals surface area (Å²) in [6.07, 6.45) is 9.15. The van der Waals surface area contributed by atoms with Crippen LogP contribution in [-0.2, 0) is 39.2 Å². The predicted octanol–water partition coefficient (Wildman–Crippen LogP) is 7.48. The van der Waals surface area contributed by atoms with Crippen molar-refractivity contribution in [1.29, 1.82) is 0 Å². The van der Waals surface area contributed by atoms with Gasteiger partial charge in [0.15, 0.2) is 0 Å². The minimum Gasteiger partial charge on any atom is -0.491 e. The molecule has 2 aromatic carbocycles. The first kappa shape index (κ1) is 34.9. The zero-order valence-corrected chi connectivity index (χ0v) is 30.4. The number of rotatable bonds is 1. The number of hydrogen-bond donors (Lipinski definition) is 3. The Hall–Kier alpha value is -3.93. The van der Waals surface area contributed by atoms with Crippen LogP contribution in [0.3, 0.4) is 0 Å². The second-order valence-electron chi connectivity index (χ2n) is 12.3. The van der Waals surface area contributed by atoms with Crippen molar-refractivity contribution in [2.24, 2.45) is 19.2 Å². The monoisotopic (exact) mass is 703 g/mol. The molecule has 3 aliphatic rings. The second-order valence-corrected chi connectivity index (χ2v) is 13.8. The Morgan fingerprint density at radius 3 is 2.78 bits per heavy atom. The largest absolute Gasteiger partial charge is 0.491 e. The van der Waals surface area contributed by atoms with Crippen LogP contribution >= 0.6 is 23.4 Å². The summed E-state index contributed by atoms with van der Waals surface area (Å²) in [6.45, 7) is 7.46. The fraction of sp³-hybridized carbons (Fsp3) is 0.432. The fourth-order valence-electron chi connectivity index (χ4n) is 6.94. The zero-order chi connectivity index (χ0) is 34.5. The number of ether oxygens (including phenoxy) is 1. The first-order valence-corrected chi connectivity index (χ1v) is 18.7. The second kappa shape index (κ2) is 15.7. The average molecular weight is 704 g/mol. The van der Waals surface area contributed by atoms with Crippen molar-refractivity contribution in [3.05, 3.63) is 74.8 Å². The number of aromatic carboxylic acids is 1. The number of benzene rings is 2. The van der Waals surface area contributed by atoms with Gasteiger partial charge < -0.3 is 25.0 Å². The van der Waals surface area contributed by atoms with E-state index in [0.717, 1.165) is 100.0 Å². The van der Waals surface area contributed by atoms with Crippen molar-refractivity contribution in [3.63, 3.8) is 0 Å². The molecule has 49 heavy (non-hydrogen) atoms. The molecule has 1 fully saturated rings. The molecule has 0 spiro atoms. The number of aromatic nitrogens is 3. The van der Waals surface area contributed by atoms with Crippen LogP contribution in [0.25, 0.3) is 17.0 Å². The lowest BCUT2D eigenvalue weighted by Crippen LogP contribution is -2.18. The van der Waals surface area contributed by atoms with Gasteiger partial charge in [0.2, 0.25) is 0 Å². The van der Waals surface area contributed by atoms with Crippen molar-refractivity contribution in [2.45, 2.75) is 69.6 Å². The summed E-state index contributed by atoms with van der Waals surface area (Å²) in [6, 6.07) is 10.4. The van der Waals surface area contributed by atoms with Gasteiger partial charge in [-0.25, -0.2) is 4.79 Å². The van der Waals surface area contributed by atoms with E-state index in [9.17, 15) is 9.90 Å². The number of aryl methyl sites for hydroxylation is 4. The molecule has 8 bridgehead atoms. The molecular weight excluding hydrogens is 658 g/mol. The smallest absolute Gasteiger partial charge is 0.352 e. The van der Waals surface area contributed by atoms with Crippen molar-refractivity contribution in [1.82, 2.24) is 24.7 Å². The molecule has 3 N–H and O–H groups in total. The maximum absolute atomic E-state index is 12.6. The van der Waals surface area contributed by atoms with Crippen molar-refractivity contribution < 1.29 is 14.6 Å². The highest BCUT2D eigenvalue weighted by Gasteiger charge is 2.25. The Morgan fingerprint density at radius 2 is 1.94 bits per heavy atom. The molecule has 0 atom stereocenters. The quantitative estimate of drug-likeness (QED) is 0.187. The lowest BCUT2D eigenvalue weighted by atomic mass is 10.0. The molecule has 0 saturated carbocycles. The molecule has 0 amide bonds. The van der Waals surface area contributed by atoms with E-state index in [2.05, 4.69) is 34.9 Å². The zero-order valence-electron chi connectivity index (χ0n) is 28.8. The van der Waals surface area contributed by atoms with E-state index >= 15 is 0 Å². The Balaban J connectivity index is 0.00000205. The van der Waals surface area contributed by atoms with Crippen LogP contribution in [0.15, 0.2) is 46.0 Å². The Labute approximate surface area is 297 Å². The van der Waals surface area contributed by atoms with Crippen LogP contribution in [-0.4, -0.2) is 62.9 Å². The molecule has 1 saturated heterocycles. The number of hydrogen-bond acceptors (Lipinski definition) is 8. The number of halogens is 1. The van der Waals surface area contributed by atoms with Crippen LogP contribution in [0, 0.1) is 0 Å². The number of carboxylic acid groups (broad SMARTS) is 1. The standard InChI is InChI=1S/C35H40ClN7O3S.C2H6/c1-41-33-28-9-10-30(36)29(33)18-24-7-4-14-43(24)39-13-12-37-20-23-17-25(42(2)40-23)21-47-26-16-22-6-3-11-38-32(22)31(19-26)46-15-5-8-27(28)34(41)35(44)45;1-2/h9-10,13,16-19,37-38H,3-8,11-12,14-15,20-21H2,1-2H3,(H,44,45);1-2H3/b24-18+,39-13+;. The Bertz CT molecular complexity index is 1900. The van der Waals surface area contributed by atoms with E-state index < -0.39 is 5.97 Å². The molecule has 3 aliphatic heterocycles. The number of nitrogens with one attached hydrogen (secondary N) is 2. The van der Waals surface area contributed by atoms with Gasteiger partial charge in [-0.05, 0) is 80.0 Å². The van der Waals surface area contributed by atoms with Crippen LogP contribution < -0.4 is 15.4 Å². The average Bonchev–Trinajstić information content (AvgIpc) is 3.78. The molecule has 4 aromatic rings. The Morgan fingerprint density at radius 1 is 1.08 bits per heavy atom. The highest BCUT2D eigenvalue weighted by atomic mass is 35.5. The lowest BCUT2D eigenvalue weighted by Gasteiger charge is -2.22. The Kier molecular flexibility index (Phi) is 11.2. The number of thioether (sulfide) groups is 1. The van der Waals surface area contributed by atoms with Crippen molar-refractivity contribution in [2.75, 3.05) is 31.6 Å². The van der Waals surface area contributed by atoms with Crippen LogP contribution in [0.2, 0.25) is 5.02 Å². The van der Waals surface area contributed by atoms with Gasteiger partial charge in [0, 0.05) is 84.5 Å². The summed E-state index contributed by atoms with van der Waals surface area (Å²) in [4.78, 5) is 13.8. The van der Waals surface area contributed by atoms with Crippen LogP contribution in [0.5, 0.6) is 5.75 Å². The highest BCUT2D eigenvalue weighted by Crippen LogP contribution is 2.39. The molecule has 0 aliphatic carbocycles. The van der Waals surface area contributed by atoms with Crippen LogP contribution in [0.1, 0.15) is 78.1 Å².